The van der Waals surface area contributed by atoms with Crippen LogP contribution < -0.4 is 5.32 Å². The van der Waals surface area contributed by atoms with E-state index in [1.165, 1.54) is 22.7 Å². The number of benzene rings is 1. The molecule has 0 radical (unpaired) electrons. The van der Waals surface area contributed by atoms with Crippen molar-refractivity contribution in [1.82, 2.24) is 9.62 Å². The minimum atomic E-state index is -3.18. The predicted octanol–water partition coefficient (Wildman–Crippen LogP) is 1.29. The highest BCUT2D eigenvalue weighted by atomic mass is 32.2. The Morgan fingerprint density at radius 2 is 1.95 bits per heavy atom. The van der Waals surface area contributed by atoms with Crippen molar-refractivity contribution in [2.45, 2.75) is 25.8 Å². The molecule has 1 fully saturated rings. The summed E-state index contributed by atoms with van der Waals surface area (Å²) in [5.41, 5.74) is 0.842. The molecule has 2 rings (SSSR count). The minimum absolute atomic E-state index is 0.0283. The molecule has 21 heavy (non-hydrogen) atoms. The van der Waals surface area contributed by atoms with Gasteiger partial charge in [-0.05, 0) is 31.9 Å². The van der Waals surface area contributed by atoms with E-state index in [-0.39, 0.29) is 11.6 Å². The first-order valence-electron chi connectivity index (χ1n) is 6.79. The first-order valence-corrected chi connectivity index (χ1v) is 8.64. The van der Waals surface area contributed by atoms with Crippen LogP contribution in [0.3, 0.4) is 0 Å². The highest BCUT2D eigenvalue weighted by molar-refractivity contribution is 7.88. The molecule has 5 nitrogen and oxygen atoms in total. The van der Waals surface area contributed by atoms with Gasteiger partial charge in [-0.3, -0.25) is 4.79 Å². The molecule has 1 saturated heterocycles. The van der Waals surface area contributed by atoms with Gasteiger partial charge in [0.15, 0.2) is 0 Å². The van der Waals surface area contributed by atoms with Crippen molar-refractivity contribution in [2.75, 3.05) is 19.3 Å². The van der Waals surface area contributed by atoms with Gasteiger partial charge in [-0.15, -0.1) is 0 Å². The minimum Gasteiger partial charge on any atom is -0.349 e. The van der Waals surface area contributed by atoms with Crippen molar-refractivity contribution in [3.8, 4) is 0 Å². The van der Waals surface area contributed by atoms with Crippen LogP contribution in [0.2, 0.25) is 0 Å². The van der Waals surface area contributed by atoms with Gasteiger partial charge >= 0.3 is 0 Å². The van der Waals surface area contributed by atoms with E-state index in [9.17, 15) is 17.6 Å². The van der Waals surface area contributed by atoms with Crippen molar-refractivity contribution < 1.29 is 17.6 Å². The highest BCUT2D eigenvalue weighted by Crippen LogP contribution is 2.15. The third-order valence-corrected chi connectivity index (χ3v) is 4.93. The van der Waals surface area contributed by atoms with E-state index in [4.69, 9.17) is 0 Å². The smallest absolute Gasteiger partial charge is 0.254 e. The van der Waals surface area contributed by atoms with Crippen LogP contribution in [0, 0.1) is 12.7 Å². The number of carbonyl (C=O) groups is 1. The standard InChI is InChI=1S/C14H19FN2O3S/c1-10-3-4-13(15)12(9-10)14(18)16-11-5-7-17(8-6-11)21(2,19)20/h3-4,9,11H,5-8H2,1-2H3,(H,16,18). The van der Waals surface area contributed by atoms with Crippen LogP contribution in [0.5, 0.6) is 0 Å². The molecule has 1 aliphatic heterocycles. The van der Waals surface area contributed by atoms with Crippen molar-refractivity contribution >= 4 is 15.9 Å². The van der Waals surface area contributed by atoms with Crippen LogP contribution in [0.4, 0.5) is 4.39 Å². The van der Waals surface area contributed by atoms with E-state index < -0.39 is 21.7 Å². The zero-order chi connectivity index (χ0) is 15.6. The SMILES string of the molecule is Cc1ccc(F)c(C(=O)NC2CCN(S(C)(=O)=O)CC2)c1. The molecule has 0 unspecified atom stereocenters. The molecule has 0 aliphatic carbocycles. The van der Waals surface area contributed by atoms with Crippen molar-refractivity contribution in [1.29, 1.82) is 0 Å². The Hall–Kier alpha value is -1.47. The number of hydrogen-bond acceptors (Lipinski definition) is 3. The van der Waals surface area contributed by atoms with Crippen LogP contribution in [0.15, 0.2) is 18.2 Å². The Balaban J connectivity index is 1.97. The van der Waals surface area contributed by atoms with E-state index in [1.54, 1.807) is 13.0 Å². The molecule has 1 aromatic rings. The topological polar surface area (TPSA) is 66.5 Å². The first kappa shape index (κ1) is 15.9. The van der Waals surface area contributed by atoms with Gasteiger partial charge in [-0.2, -0.15) is 0 Å². The van der Waals surface area contributed by atoms with Gasteiger partial charge in [0.25, 0.3) is 5.91 Å². The number of piperidine rings is 1. The average Bonchev–Trinajstić information content (AvgIpc) is 2.41. The van der Waals surface area contributed by atoms with E-state index in [1.807, 2.05) is 0 Å². The lowest BCUT2D eigenvalue weighted by molar-refractivity contribution is 0.0919. The molecule has 0 atom stereocenters. The van der Waals surface area contributed by atoms with Crippen LogP contribution in [0.1, 0.15) is 28.8 Å². The van der Waals surface area contributed by atoms with E-state index in [0.29, 0.717) is 25.9 Å². The lowest BCUT2D eigenvalue weighted by atomic mass is 10.1. The lowest BCUT2D eigenvalue weighted by Crippen LogP contribution is -2.46. The molecule has 0 bridgehead atoms. The Morgan fingerprint density at radius 3 is 2.52 bits per heavy atom. The number of rotatable bonds is 3. The van der Waals surface area contributed by atoms with Crippen molar-refractivity contribution in [2.24, 2.45) is 0 Å². The summed E-state index contributed by atoms with van der Waals surface area (Å²) in [5, 5.41) is 2.77. The number of amides is 1. The molecular weight excluding hydrogens is 295 g/mol. The molecule has 116 valence electrons. The summed E-state index contributed by atoms with van der Waals surface area (Å²) in [4.78, 5) is 12.1. The van der Waals surface area contributed by atoms with Gasteiger partial charge in [0.05, 0.1) is 11.8 Å². The van der Waals surface area contributed by atoms with Gasteiger partial charge in [-0.1, -0.05) is 11.6 Å². The first-order chi connectivity index (χ1) is 9.77. The maximum atomic E-state index is 13.6. The number of carbonyl (C=O) groups excluding carboxylic acids is 1. The van der Waals surface area contributed by atoms with Gasteiger partial charge in [0.1, 0.15) is 5.82 Å². The molecule has 0 saturated carbocycles. The van der Waals surface area contributed by atoms with Gasteiger partial charge in [0, 0.05) is 19.1 Å². The molecule has 7 heteroatoms. The van der Waals surface area contributed by atoms with Crippen LogP contribution in [0.25, 0.3) is 0 Å². The number of hydrogen-bond donors (Lipinski definition) is 1. The Bertz CT molecular complexity index is 638. The molecule has 0 aromatic heterocycles. The normalized spacial score (nSPS) is 17.7. The van der Waals surface area contributed by atoms with E-state index >= 15 is 0 Å². The molecule has 1 amide bonds. The average molecular weight is 314 g/mol. The fourth-order valence-corrected chi connectivity index (χ4v) is 3.28. The second kappa shape index (κ2) is 6.11. The second-order valence-corrected chi connectivity index (χ2v) is 7.38. The molecule has 1 heterocycles. The van der Waals surface area contributed by atoms with Gasteiger partial charge in [0.2, 0.25) is 10.0 Å². The number of aryl methyl sites for hydroxylation is 1. The fraction of sp³-hybridized carbons (Fsp3) is 0.500. The fourth-order valence-electron chi connectivity index (χ4n) is 2.41. The molecule has 1 aromatic carbocycles. The van der Waals surface area contributed by atoms with Crippen LogP contribution in [-0.4, -0.2) is 44.0 Å². The summed E-state index contributed by atoms with van der Waals surface area (Å²) < 4.78 is 37.9. The second-order valence-electron chi connectivity index (χ2n) is 5.39. The number of sulfonamides is 1. The van der Waals surface area contributed by atoms with Crippen LogP contribution >= 0.6 is 0 Å². The molecule has 1 N–H and O–H groups in total. The Kier molecular flexibility index (Phi) is 4.63. The summed E-state index contributed by atoms with van der Waals surface area (Å²) in [6.07, 6.45) is 2.24. The number of nitrogens with zero attached hydrogens (tertiary/aromatic N) is 1. The molecular formula is C14H19FN2O3S. The summed E-state index contributed by atoms with van der Waals surface area (Å²) in [6.45, 7) is 2.54. The summed E-state index contributed by atoms with van der Waals surface area (Å²) >= 11 is 0. The van der Waals surface area contributed by atoms with Gasteiger partial charge in [-0.25, -0.2) is 17.1 Å². The maximum Gasteiger partial charge on any atom is 0.254 e. The predicted molar refractivity (Wildman–Crippen MR) is 78.0 cm³/mol. The number of halogens is 1. The molecule has 1 aliphatic rings. The van der Waals surface area contributed by atoms with E-state index in [0.717, 1.165) is 5.56 Å². The van der Waals surface area contributed by atoms with Gasteiger partial charge < -0.3 is 5.32 Å². The maximum absolute atomic E-state index is 13.6. The zero-order valence-electron chi connectivity index (χ0n) is 12.1. The molecule has 0 spiro atoms. The van der Waals surface area contributed by atoms with Crippen molar-refractivity contribution in [3.05, 3.63) is 35.1 Å². The third-order valence-electron chi connectivity index (χ3n) is 3.62. The third kappa shape index (κ3) is 4.01. The summed E-state index contributed by atoms with van der Waals surface area (Å²) in [7, 11) is -3.18. The Morgan fingerprint density at radius 1 is 1.33 bits per heavy atom. The Labute approximate surface area is 124 Å². The van der Waals surface area contributed by atoms with E-state index in [2.05, 4.69) is 5.32 Å². The monoisotopic (exact) mass is 314 g/mol. The number of nitrogens with one attached hydrogen (secondary N) is 1. The highest BCUT2D eigenvalue weighted by Gasteiger charge is 2.26. The van der Waals surface area contributed by atoms with Crippen molar-refractivity contribution in [3.63, 3.8) is 0 Å². The summed E-state index contributed by atoms with van der Waals surface area (Å²) in [6, 6.07) is 4.26. The van der Waals surface area contributed by atoms with Crippen LogP contribution in [-0.2, 0) is 10.0 Å². The summed E-state index contributed by atoms with van der Waals surface area (Å²) in [5.74, 6) is -0.999. The quantitative estimate of drug-likeness (QED) is 0.914. The largest absolute Gasteiger partial charge is 0.349 e. The zero-order valence-corrected chi connectivity index (χ0v) is 12.9. The lowest BCUT2D eigenvalue weighted by Gasteiger charge is -2.30.